The van der Waals surface area contributed by atoms with Crippen LogP contribution in [-0.2, 0) is 4.79 Å². The second-order valence-corrected chi connectivity index (χ2v) is 8.78. The van der Waals surface area contributed by atoms with Gasteiger partial charge in [0.15, 0.2) is 0 Å². The number of likely N-dealkylation sites (N-methyl/N-ethyl adjacent to an activating group) is 1. The van der Waals surface area contributed by atoms with E-state index in [9.17, 15) is 4.79 Å². The molecule has 5 rings (SSSR count). The van der Waals surface area contributed by atoms with E-state index in [0.717, 1.165) is 43.1 Å². The summed E-state index contributed by atoms with van der Waals surface area (Å²) in [5.41, 5.74) is 3.64. The molecule has 1 fully saturated rings. The Morgan fingerprint density at radius 1 is 0.944 bits per heavy atom. The molecule has 4 aromatic heterocycles. The van der Waals surface area contributed by atoms with E-state index in [-0.39, 0.29) is 5.91 Å². The molecule has 0 saturated carbocycles. The molecule has 0 radical (unpaired) electrons. The number of hydrogen-bond acceptors (Lipinski definition) is 9. The van der Waals surface area contributed by atoms with Crippen molar-refractivity contribution in [3.05, 3.63) is 67.3 Å². The van der Waals surface area contributed by atoms with Crippen LogP contribution in [0.3, 0.4) is 0 Å². The number of carbonyl (C=O) groups is 1. The van der Waals surface area contributed by atoms with Crippen molar-refractivity contribution in [1.82, 2.24) is 29.8 Å². The fourth-order valence-corrected chi connectivity index (χ4v) is 3.89. The molecule has 0 atom stereocenters. The largest absolute Gasteiger partial charge is 0.354 e. The number of piperazine rings is 1. The Bertz CT molecular complexity index is 1410. The van der Waals surface area contributed by atoms with Crippen molar-refractivity contribution in [3.8, 4) is 11.4 Å². The normalized spacial score (nSPS) is 14.0. The van der Waals surface area contributed by atoms with Gasteiger partial charge in [-0.1, -0.05) is 6.58 Å². The summed E-state index contributed by atoms with van der Waals surface area (Å²) in [6.45, 7) is 9.32. The molecule has 0 bridgehead atoms. The lowest BCUT2D eigenvalue weighted by molar-refractivity contribution is -0.112. The van der Waals surface area contributed by atoms with E-state index >= 15 is 0 Å². The minimum atomic E-state index is -0.251. The second-order valence-electron chi connectivity index (χ2n) is 8.78. The third-order valence-corrected chi connectivity index (χ3v) is 5.98. The van der Waals surface area contributed by atoms with Crippen LogP contribution in [0.4, 0.5) is 23.1 Å². The van der Waals surface area contributed by atoms with Gasteiger partial charge in [-0.2, -0.15) is 0 Å². The summed E-state index contributed by atoms with van der Waals surface area (Å²) in [6, 6.07) is 9.32. The zero-order valence-corrected chi connectivity index (χ0v) is 20.3. The molecule has 1 saturated heterocycles. The molecule has 36 heavy (non-hydrogen) atoms. The second kappa shape index (κ2) is 10.0. The number of rotatable bonds is 6. The van der Waals surface area contributed by atoms with Crippen LogP contribution in [0.2, 0.25) is 0 Å². The monoisotopic (exact) mass is 481 g/mol. The van der Waals surface area contributed by atoms with E-state index in [4.69, 9.17) is 4.98 Å². The Morgan fingerprint density at radius 2 is 1.75 bits per heavy atom. The highest BCUT2D eigenvalue weighted by molar-refractivity contribution is 6.03. The van der Waals surface area contributed by atoms with Crippen molar-refractivity contribution < 1.29 is 4.79 Å². The Balaban J connectivity index is 1.39. The summed E-state index contributed by atoms with van der Waals surface area (Å²) >= 11 is 0. The molecule has 10 heteroatoms. The van der Waals surface area contributed by atoms with Gasteiger partial charge in [0.05, 0.1) is 17.6 Å². The lowest BCUT2D eigenvalue weighted by Crippen LogP contribution is -2.44. The molecule has 0 aliphatic carbocycles. The highest BCUT2D eigenvalue weighted by Gasteiger charge is 2.16. The molecule has 2 N–H and O–H groups in total. The SMILES string of the molecule is C=C(C)C(=O)Nc1ccnc(-c2nccc3cnc(Nc4ccc(N5CCN(C)CC5)nc4)nc23)c1. The quantitative estimate of drug-likeness (QED) is 0.400. The van der Waals surface area contributed by atoms with Crippen molar-refractivity contribution >= 4 is 40.0 Å². The number of aromatic nitrogens is 5. The highest BCUT2D eigenvalue weighted by Crippen LogP contribution is 2.26. The molecular formula is C26H27N9O. The number of fused-ring (bicyclic) bond motifs is 1. The zero-order valence-electron chi connectivity index (χ0n) is 20.3. The van der Waals surface area contributed by atoms with Crippen LogP contribution in [0.1, 0.15) is 6.92 Å². The first-order valence-corrected chi connectivity index (χ1v) is 11.7. The summed E-state index contributed by atoms with van der Waals surface area (Å²) in [4.78, 5) is 39.4. The van der Waals surface area contributed by atoms with Crippen molar-refractivity contribution in [2.75, 3.05) is 48.8 Å². The van der Waals surface area contributed by atoms with Crippen LogP contribution < -0.4 is 15.5 Å². The molecule has 0 spiro atoms. The maximum Gasteiger partial charge on any atom is 0.250 e. The number of carbonyl (C=O) groups excluding carboxylic acids is 1. The fourth-order valence-electron chi connectivity index (χ4n) is 3.89. The Hall–Kier alpha value is -4.44. The molecule has 4 aromatic rings. The van der Waals surface area contributed by atoms with Gasteiger partial charge in [-0.3, -0.25) is 14.8 Å². The summed E-state index contributed by atoms with van der Waals surface area (Å²) in [5.74, 6) is 1.14. The summed E-state index contributed by atoms with van der Waals surface area (Å²) in [5, 5.41) is 6.87. The minimum absolute atomic E-state index is 0.251. The van der Waals surface area contributed by atoms with Crippen LogP contribution in [0.25, 0.3) is 22.3 Å². The summed E-state index contributed by atoms with van der Waals surface area (Å²) in [6.07, 6.45) is 6.85. The van der Waals surface area contributed by atoms with Gasteiger partial charge >= 0.3 is 0 Å². The molecule has 0 aromatic carbocycles. The van der Waals surface area contributed by atoms with E-state index in [2.05, 4.69) is 54.0 Å². The lowest BCUT2D eigenvalue weighted by atomic mass is 10.1. The first-order chi connectivity index (χ1) is 17.5. The summed E-state index contributed by atoms with van der Waals surface area (Å²) in [7, 11) is 2.14. The lowest BCUT2D eigenvalue weighted by Gasteiger charge is -2.33. The maximum absolute atomic E-state index is 12.0. The van der Waals surface area contributed by atoms with E-state index in [1.165, 1.54) is 0 Å². The van der Waals surface area contributed by atoms with Crippen LogP contribution in [-0.4, -0.2) is 69.0 Å². The first kappa shape index (κ1) is 23.3. The third-order valence-electron chi connectivity index (χ3n) is 5.98. The predicted octanol–water partition coefficient (Wildman–Crippen LogP) is 3.49. The van der Waals surface area contributed by atoms with Crippen molar-refractivity contribution in [3.63, 3.8) is 0 Å². The van der Waals surface area contributed by atoms with Crippen LogP contribution >= 0.6 is 0 Å². The van der Waals surface area contributed by atoms with Crippen molar-refractivity contribution in [2.24, 2.45) is 0 Å². The topological polar surface area (TPSA) is 112 Å². The van der Waals surface area contributed by atoms with Crippen LogP contribution in [0, 0.1) is 0 Å². The van der Waals surface area contributed by atoms with Crippen LogP contribution in [0.5, 0.6) is 0 Å². The molecular weight excluding hydrogens is 454 g/mol. The number of anilines is 4. The van der Waals surface area contributed by atoms with Gasteiger partial charge in [-0.05, 0) is 44.3 Å². The van der Waals surface area contributed by atoms with Gasteiger partial charge in [0.25, 0.3) is 5.91 Å². The number of pyridine rings is 3. The molecule has 182 valence electrons. The van der Waals surface area contributed by atoms with Crippen LogP contribution in [0.15, 0.2) is 67.3 Å². The Morgan fingerprint density at radius 3 is 2.50 bits per heavy atom. The predicted molar refractivity (Wildman–Crippen MR) is 141 cm³/mol. The molecule has 5 heterocycles. The maximum atomic E-state index is 12.0. The average Bonchev–Trinajstić information content (AvgIpc) is 2.89. The van der Waals surface area contributed by atoms with E-state index < -0.39 is 0 Å². The first-order valence-electron chi connectivity index (χ1n) is 11.7. The molecule has 1 aliphatic rings. The number of amides is 1. The van der Waals surface area contributed by atoms with Gasteiger partial charge in [0.1, 0.15) is 17.0 Å². The number of nitrogens with zero attached hydrogens (tertiary/aromatic N) is 7. The average molecular weight is 482 g/mol. The van der Waals surface area contributed by atoms with Gasteiger partial charge in [0.2, 0.25) is 5.95 Å². The Kier molecular flexibility index (Phi) is 6.50. The Labute approximate surface area is 209 Å². The molecule has 10 nitrogen and oxygen atoms in total. The molecule has 0 unspecified atom stereocenters. The van der Waals surface area contributed by atoms with E-state index in [1.807, 2.05) is 18.2 Å². The number of hydrogen-bond donors (Lipinski definition) is 2. The zero-order chi connectivity index (χ0) is 25.1. The molecule has 1 amide bonds. The van der Waals surface area contributed by atoms with E-state index in [0.29, 0.717) is 34.1 Å². The third kappa shape index (κ3) is 5.13. The highest BCUT2D eigenvalue weighted by atomic mass is 16.1. The van der Waals surface area contributed by atoms with Crippen molar-refractivity contribution in [1.29, 1.82) is 0 Å². The summed E-state index contributed by atoms with van der Waals surface area (Å²) < 4.78 is 0. The van der Waals surface area contributed by atoms with Crippen molar-refractivity contribution in [2.45, 2.75) is 6.92 Å². The standard InChI is InChI=1S/C26H27N9O/c1-17(2)25(36)31-19-7-9-27-21(14-19)24-23-18(6-8-28-24)15-30-26(33-23)32-20-4-5-22(29-16-20)35-12-10-34(3)11-13-35/h4-9,14-16H,1,10-13H2,2-3H3,(H,27,31,36)(H,30,32,33). The molecule has 1 aliphatic heterocycles. The fraction of sp³-hybridized carbons (Fsp3) is 0.231. The van der Waals surface area contributed by atoms with Gasteiger partial charge in [-0.15, -0.1) is 0 Å². The minimum Gasteiger partial charge on any atom is -0.354 e. The smallest absolute Gasteiger partial charge is 0.250 e. The van der Waals surface area contributed by atoms with Gasteiger partial charge in [0, 0.05) is 61.4 Å². The van der Waals surface area contributed by atoms with E-state index in [1.54, 1.807) is 43.8 Å². The van der Waals surface area contributed by atoms with Gasteiger partial charge in [-0.25, -0.2) is 15.0 Å². The number of nitrogens with one attached hydrogen (secondary N) is 2. The van der Waals surface area contributed by atoms with Gasteiger partial charge < -0.3 is 20.4 Å².